The van der Waals surface area contributed by atoms with E-state index in [9.17, 15) is 13.2 Å². The van der Waals surface area contributed by atoms with Crippen LogP contribution in [0.25, 0.3) is 0 Å². The minimum atomic E-state index is -4.51. The van der Waals surface area contributed by atoms with Gasteiger partial charge in [-0.25, -0.2) is 16.6 Å². The molecule has 6 N–H and O–H groups in total. The van der Waals surface area contributed by atoms with E-state index in [1.807, 2.05) is 0 Å². The van der Waals surface area contributed by atoms with Crippen molar-refractivity contribution in [2.24, 2.45) is 11.7 Å². The first kappa shape index (κ1) is 18.1. The molecule has 0 bridgehead atoms. The number of nitrogens with zero attached hydrogens (tertiary/aromatic N) is 1. The van der Waals surface area contributed by atoms with Gasteiger partial charge in [0.2, 0.25) is 6.41 Å². The summed E-state index contributed by atoms with van der Waals surface area (Å²) in [5, 5.41) is 9.32. The van der Waals surface area contributed by atoms with Gasteiger partial charge in [0, 0.05) is 12.6 Å². The predicted molar refractivity (Wildman–Crippen MR) is 64.8 cm³/mol. The van der Waals surface area contributed by atoms with Crippen LogP contribution in [-0.4, -0.2) is 18.7 Å². The van der Waals surface area contributed by atoms with Crippen LogP contribution in [0.5, 0.6) is 0 Å². The first-order valence-electron chi connectivity index (χ1n) is 5.13. The summed E-state index contributed by atoms with van der Waals surface area (Å²) in [5.41, 5.74) is 0.808. The number of benzene rings is 1. The summed E-state index contributed by atoms with van der Waals surface area (Å²) in [5.74, 6) is 9.80. The van der Waals surface area contributed by atoms with E-state index in [4.69, 9.17) is 15.9 Å². The largest absolute Gasteiger partial charge is 0.416 e. The molecule has 0 aliphatic heterocycles. The zero-order chi connectivity index (χ0) is 15.8. The normalized spacial score (nSPS) is 10.3. The van der Waals surface area contributed by atoms with Gasteiger partial charge in [0.1, 0.15) is 6.61 Å². The molecule has 7 nitrogen and oxygen atoms in total. The number of hydrogen-bond donors (Lipinski definition) is 4. The molecule has 0 heterocycles. The van der Waals surface area contributed by atoms with Crippen molar-refractivity contribution in [2.75, 3.05) is 12.1 Å². The van der Waals surface area contributed by atoms with Crippen LogP contribution in [0.3, 0.4) is 0 Å². The maximum absolute atomic E-state index is 12.6. The Morgan fingerprint density at radius 1 is 1.50 bits per heavy atom. The number of alkyl halides is 3. The van der Waals surface area contributed by atoms with Crippen molar-refractivity contribution in [3.63, 3.8) is 0 Å². The Morgan fingerprint density at radius 3 is 2.40 bits per heavy atom. The minimum absolute atomic E-state index is 0.142. The predicted octanol–water partition coefficient (Wildman–Crippen LogP) is 0.611. The summed E-state index contributed by atoms with van der Waals surface area (Å²) in [6, 6.07) is 3.55. The highest BCUT2D eigenvalue weighted by molar-refractivity contribution is 5.55. The van der Waals surface area contributed by atoms with Gasteiger partial charge in [-0.2, -0.15) is 13.2 Å². The number of carbonyl (C=O) groups is 1. The monoisotopic (exact) mass is 296 g/mol. The average Bonchev–Trinajstić information content (AvgIpc) is 2.38. The van der Waals surface area contributed by atoms with E-state index in [0.717, 1.165) is 11.1 Å². The number of hydrogen-bond acceptors (Lipinski definition) is 6. The van der Waals surface area contributed by atoms with E-state index in [1.165, 1.54) is 19.2 Å². The summed E-state index contributed by atoms with van der Waals surface area (Å²) in [7, 11) is 1.40. The second kappa shape index (κ2) is 8.32. The van der Waals surface area contributed by atoms with Crippen LogP contribution in [-0.2, 0) is 22.5 Å². The summed E-state index contributed by atoms with van der Waals surface area (Å²) >= 11 is 0. The lowest BCUT2D eigenvalue weighted by Gasteiger charge is -2.20. The molecular weight excluding hydrogens is 281 g/mol. The zero-order valence-electron chi connectivity index (χ0n) is 10.5. The van der Waals surface area contributed by atoms with E-state index in [0.29, 0.717) is 6.41 Å². The number of nitrogens with one attached hydrogen (secondary N) is 1. The second-order valence-corrected chi connectivity index (χ2v) is 3.47. The zero-order valence-corrected chi connectivity index (χ0v) is 10.5. The number of amides is 1. The quantitative estimate of drug-likeness (QED) is 0.213. The third kappa shape index (κ3) is 5.40. The molecule has 0 atom stereocenters. The Labute approximate surface area is 112 Å². The Hall–Kier alpha value is -1.88. The molecule has 0 fully saturated rings. The number of carbonyl (C=O) groups excluding carboxylic acids is 1. The summed E-state index contributed by atoms with van der Waals surface area (Å²) in [4.78, 5) is 12.7. The first-order valence-corrected chi connectivity index (χ1v) is 5.13. The van der Waals surface area contributed by atoms with Gasteiger partial charge >= 0.3 is 6.18 Å². The Kier molecular flexibility index (Phi) is 7.54. The van der Waals surface area contributed by atoms with Gasteiger partial charge in [0.05, 0.1) is 11.3 Å². The maximum atomic E-state index is 12.6. The summed E-state index contributed by atoms with van der Waals surface area (Å²) in [6.45, 7) is -0.577. The van der Waals surface area contributed by atoms with Gasteiger partial charge in [-0.3, -0.25) is 15.5 Å². The highest BCUT2D eigenvalue weighted by Gasteiger charge is 2.34. The van der Waals surface area contributed by atoms with Crippen molar-refractivity contribution in [1.82, 2.24) is 5.43 Å². The number of nitrogens with two attached hydrogens (primary N) is 2. The fourth-order valence-corrected chi connectivity index (χ4v) is 1.39. The van der Waals surface area contributed by atoms with Gasteiger partial charge in [-0.1, -0.05) is 6.07 Å². The standard InChI is InChI=1S/C9H11F3N2O2.CH4N2O/c1-14(13)8-4-2-3-7(9(10,11)12)6(8)5-16-15;2-3-1-4/h2-4,15H,5,13H2,1H3;1H,2H2,(H,3,4). The Bertz CT molecular complexity index is 427. The summed E-state index contributed by atoms with van der Waals surface area (Å²) in [6.07, 6.45) is -4.11. The highest BCUT2D eigenvalue weighted by atomic mass is 19.4. The van der Waals surface area contributed by atoms with Crippen LogP contribution < -0.4 is 22.1 Å². The lowest BCUT2D eigenvalue weighted by atomic mass is 10.1. The third-order valence-electron chi connectivity index (χ3n) is 2.11. The van der Waals surface area contributed by atoms with Crippen LogP contribution in [0, 0.1) is 0 Å². The minimum Gasteiger partial charge on any atom is -0.314 e. The molecule has 0 radical (unpaired) electrons. The molecule has 0 aromatic heterocycles. The molecule has 1 aromatic carbocycles. The van der Waals surface area contributed by atoms with Crippen molar-refractivity contribution in [2.45, 2.75) is 12.8 Å². The van der Waals surface area contributed by atoms with Crippen molar-refractivity contribution in [3.8, 4) is 0 Å². The van der Waals surface area contributed by atoms with Gasteiger partial charge in [0.15, 0.2) is 0 Å². The molecule has 0 aliphatic rings. The number of anilines is 1. The molecule has 0 unspecified atom stereocenters. The van der Waals surface area contributed by atoms with Crippen molar-refractivity contribution in [1.29, 1.82) is 0 Å². The molecule has 0 spiro atoms. The number of rotatable bonds is 4. The molecule has 10 heteroatoms. The van der Waals surface area contributed by atoms with Crippen molar-refractivity contribution < 1.29 is 28.1 Å². The topological polar surface area (TPSA) is 114 Å². The van der Waals surface area contributed by atoms with E-state index in [2.05, 4.69) is 10.7 Å². The molecule has 114 valence electrons. The van der Waals surface area contributed by atoms with Crippen LogP contribution in [0.1, 0.15) is 11.1 Å². The van der Waals surface area contributed by atoms with Gasteiger partial charge in [-0.15, -0.1) is 0 Å². The van der Waals surface area contributed by atoms with E-state index < -0.39 is 18.3 Å². The molecule has 0 saturated heterocycles. The lowest BCUT2D eigenvalue weighted by molar-refractivity contribution is -0.253. The first-order chi connectivity index (χ1) is 9.29. The molecule has 1 rings (SSSR count). The van der Waals surface area contributed by atoms with Crippen molar-refractivity contribution in [3.05, 3.63) is 29.3 Å². The van der Waals surface area contributed by atoms with E-state index in [-0.39, 0.29) is 11.3 Å². The highest BCUT2D eigenvalue weighted by Crippen LogP contribution is 2.35. The molecule has 0 aliphatic carbocycles. The van der Waals surface area contributed by atoms with E-state index >= 15 is 0 Å². The van der Waals surface area contributed by atoms with Gasteiger partial charge in [-0.05, 0) is 12.1 Å². The molecule has 20 heavy (non-hydrogen) atoms. The molecule has 0 saturated carbocycles. The fraction of sp³-hybridized carbons (Fsp3) is 0.300. The average molecular weight is 296 g/mol. The Balaban J connectivity index is 0.000000796. The number of hydrazine groups is 2. The van der Waals surface area contributed by atoms with Crippen LogP contribution in [0.2, 0.25) is 0 Å². The SMILES string of the molecule is CN(N)c1cccc(C(F)(F)F)c1COO.NNC=O. The Morgan fingerprint density at radius 2 is 2.05 bits per heavy atom. The second-order valence-electron chi connectivity index (χ2n) is 3.47. The van der Waals surface area contributed by atoms with E-state index in [1.54, 1.807) is 5.43 Å². The van der Waals surface area contributed by atoms with Gasteiger partial charge < -0.3 is 5.01 Å². The third-order valence-corrected chi connectivity index (χ3v) is 2.11. The summed E-state index contributed by atoms with van der Waals surface area (Å²) < 4.78 is 37.9. The van der Waals surface area contributed by atoms with Crippen LogP contribution in [0.15, 0.2) is 18.2 Å². The molecule has 1 amide bonds. The maximum Gasteiger partial charge on any atom is 0.416 e. The smallest absolute Gasteiger partial charge is 0.314 e. The van der Waals surface area contributed by atoms with Crippen molar-refractivity contribution >= 4 is 12.1 Å². The fourth-order valence-electron chi connectivity index (χ4n) is 1.39. The molecular formula is C10H15F3N4O3. The van der Waals surface area contributed by atoms with Gasteiger partial charge in [0.25, 0.3) is 0 Å². The lowest BCUT2D eigenvalue weighted by Crippen LogP contribution is -2.27. The van der Waals surface area contributed by atoms with Crippen LogP contribution >= 0.6 is 0 Å². The number of halogens is 3. The van der Waals surface area contributed by atoms with Crippen LogP contribution in [0.4, 0.5) is 18.9 Å². The molecule has 1 aromatic rings.